The molecule has 0 saturated carbocycles. The van der Waals surface area contributed by atoms with Gasteiger partial charge in [0.25, 0.3) is 0 Å². The van der Waals surface area contributed by atoms with E-state index in [9.17, 15) is 9.59 Å². The molecule has 6 nitrogen and oxygen atoms in total. The molecule has 184 valence electrons. The summed E-state index contributed by atoms with van der Waals surface area (Å²) in [5, 5.41) is 0. The lowest BCUT2D eigenvalue weighted by Gasteiger charge is -2.16. The van der Waals surface area contributed by atoms with Crippen LogP contribution in [-0.4, -0.2) is 48.9 Å². The van der Waals surface area contributed by atoms with Crippen LogP contribution < -0.4 is 9.47 Å². The maximum absolute atomic E-state index is 12.3. The fourth-order valence-electron chi connectivity index (χ4n) is 4.53. The van der Waals surface area contributed by atoms with E-state index in [-0.39, 0.29) is 23.7 Å². The minimum atomic E-state index is -0.165. The van der Waals surface area contributed by atoms with E-state index in [4.69, 9.17) is 9.47 Å². The van der Waals surface area contributed by atoms with Crippen LogP contribution in [0.15, 0.2) is 48.8 Å². The molecule has 0 saturated heterocycles. The molecule has 0 bridgehead atoms. The van der Waals surface area contributed by atoms with Crippen LogP contribution in [0.2, 0.25) is 0 Å². The third kappa shape index (κ3) is 5.59. The van der Waals surface area contributed by atoms with Crippen LogP contribution in [0.25, 0.3) is 12.2 Å². The number of hydrogen-bond acceptors (Lipinski definition) is 4. The van der Waals surface area contributed by atoms with Gasteiger partial charge in [0, 0.05) is 26.5 Å². The Bertz CT molecular complexity index is 1060. The molecule has 0 radical (unpaired) electrons. The predicted octanol–water partition coefficient (Wildman–Crippen LogP) is 5.41. The van der Waals surface area contributed by atoms with E-state index in [0.29, 0.717) is 13.2 Å². The van der Waals surface area contributed by atoms with E-state index in [0.717, 1.165) is 53.0 Å². The molecular weight excluding hydrogens is 440 g/mol. The minimum absolute atomic E-state index is 0.0931. The van der Waals surface area contributed by atoms with Crippen molar-refractivity contribution in [3.63, 3.8) is 0 Å². The van der Waals surface area contributed by atoms with E-state index in [2.05, 4.69) is 0 Å². The Morgan fingerprint density at radius 1 is 0.686 bits per heavy atom. The molecule has 0 spiro atoms. The van der Waals surface area contributed by atoms with Crippen molar-refractivity contribution in [1.82, 2.24) is 9.80 Å². The first kappa shape index (κ1) is 24.6. The van der Waals surface area contributed by atoms with Gasteiger partial charge in [0.05, 0.1) is 25.0 Å². The third-order valence-corrected chi connectivity index (χ3v) is 6.77. The highest BCUT2D eigenvalue weighted by Gasteiger charge is 2.24. The summed E-state index contributed by atoms with van der Waals surface area (Å²) in [7, 11) is 3.57. The molecule has 2 aliphatic rings. The van der Waals surface area contributed by atoms with E-state index in [1.807, 2.05) is 74.8 Å². The first-order valence-corrected chi connectivity index (χ1v) is 12.3. The number of ether oxygens (including phenoxy) is 2. The maximum Gasteiger partial charge on any atom is 0.233 e. The largest absolute Gasteiger partial charge is 0.494 e. The van der Waals surface area contributed by atoms with Crippen molar-refractivity contribution in [3.8, 4) is 11.5 Å². The van der Waals surface area contributed by atoms with Crippen LogP contribution in [0.1, 0.15) is 67.2 Å². The molecule has 0 aromatic heterocycles. The second-order valence-corrected chi connectivity index (χ2v) is 9.31. The molecule has 0 N–H and O–H groups in total. The lowest BCUT2D eigenvalue weighted by molar-refractivity contribution is -0.129. The van der Waals surface area contributed by atoms with Crippen LogP contribution in [0.3, 0.4) is 0 Å². The van der Waals surface area contributed by atoms with E-state index < -0.39 is 0 Å². The summed E-state index contributed by atoms with van der Waals surface area (Å²) in [5.74, 6) is 1.50. The summed E-state index contributed by atoms with van der Waals surface area (Å²) in [6.07, 6.45) is 10.4. The zero-order valence-corrected chi connectivity index (χ0v) is 21.0. The minimum Gasteiger partial charge on any atom is -0.494 e. The van der Waals surface area contributed by atoms with Crippen molar-refractivity contribution in [2.75, 3.05) is 27.3 Å². The second-order valence-electron chi connectivity index (χ2n) is 9.31. The Hall–Kier alpha value is -3.54. The fraction of sp³-hybridized carbons (Fsp3) is 0.379. The molecule has 2 aromatic carbocycles. The molecule has 2 aliphatic heterocycles. The van der Waals surface area contributed by atoms with E-state index in [1.54, 1.807) is 23.9 Å². The highest BCUT2D eigenvalue weighted by molar-refractivity contribution is 5.88. The summed E-state index contributed by atoms with van der Waals surface area (Å²) in [6.45, 7) is 5.16. The smallest absolute Gasteiger partial charge is 0.233 e. The summed E-state index contributed by atoms with van der Waals surface area (Å²) in [6, 6.07) is 11.9. The SMILES string of the molecule is C[C@H]1C(=O)N(C)C=Cc2cc(OCCCCCOc3ccc4c(c3)C=CN(C)C(=O)[C@@H]4C)ccc21. The van der Waals surface area contributed by atoms with Crippen molar-refractivity contribution in [1.29, 1.82) is 0 Å². The summed E-state index contributed by atoms with van der Waals surface area (Å²) in [4.78, 5) is 27.9. The number of hydrogen-bond donors (Lipinski definition) is 0. The average Bonchev–Trinajstić information content (AvgIpc) is 3.04. The normalized spacial score (nSPS) is 19.2. The van der Waals surface area contributed by atoms with Crippen LogP contribution in [0, 0.1) is 0 Å². The van der Waals surface area contributed by atoms with E-state index >= 15 is 0 Å². The molecule has 2 heterocycles. The summed E-state index contributed by atoms with van der Waals surface area (Å²) < 4.78 is 11.9. The number of rotatable bonds is 8. The Morgan fingerprint density at radius 2 is 1.11 bits per heavy atom. The van der Waals surface area contributed by atoms with Gasteiger partial charge in [-0.1, -0.05) is 12.1 Å². The molecular formula is C29H34N2O4. The van der Waals surface area contributed by atoms with Gasteiger partial charge in [-0.05, 0) is 91.8 Å². The highest BCUT2D eigenvalue weighted by atomic mass is 16.5. The zero-order chi connectivity index (χ0) is 24.9. The topological polar surface area (TPSA) is 59.1 Å². The molecule has 0 aliphatic carbocycles. The number of benzene rings is 2. The first-order valence-electron chi connectivity index (χ1n) is 12.3. The molecule has 35 heavy (non-hydrogen) atoms. The Balaban J connectivity index is 1.21. The number of likely N-dealkylation sites (N-methyl/N-ethyl adjacent to an activating group) is 2. The number of nitrogens with zero attached hydrogens (tertiary/aromatic N) is 2. The van der Waals surface area contributed by atoms with Crippen molar-refractivity contribution >= 4 is 24.0 Å². The molecule has 2 amide bonds. The maximum atomic E-state index is 12.3. The first-order chi connectivity index (χ1) is 16.8. The predicted molar refractivity (Wildman–Crippen MR) is 138 cm³/mol. The number of fused-ring (bicyclic) bond motifs is 2. The van der Waals surface area contributed by atoms with Gasteiger partial charge in [0.15, 0.2) is 0 Å². The van der Waals surface area contributed by atoms with Crippen molar-refractivity contribution in [2.24, 2.45) is 0 Å². The monoisotopic (exact) mass is 474 g/mol. The van der Waals surface area contributed by atoms with Crippen molar-refractivity contribution in [2.45, 2.75) is 44.9 Å². The van der Waals surface area contributed by atoms with Gasteiger partial charge in [-0.3, -0.25) is 9.59 Å². The summed E-state index contributed by atoms with van der Waals surface area (Å²) in [5.41, 5.74) is 4.12. The molecule has 0 unspecified atom stereocenters. The van der Waals surface area contributed by atoms with Crippen LogP contribution in [0.4, 0.5) is 0 Å². The number of unbranched alkanes of at least 4 members (excludes halogenated alkanes) is 2. The lowest BCUT2D eigenvalue weighted by atomic mass is 9.95. The fourth-order valence-corrected chi connectivity index (χ4v) is 4.53. The Kier molecular flexibility index (Phi) is 7.59. The lowest BCUT2D eigenvalue weighted by Crippen LogP contribution is -2.24. The number of carbonyl (C=O) groups excluding carboxylic acids is 2. The Morgan fingerprint density at radius 3 is 1.54 bits per heavy atom. The molecule has 4 rings (SSSR count). The van der Waals surface area contributed by atoms with Gasteiger partial charge < -0.3 is 19.3 Å². The third-order valence-electron chi connectivity index (χ3n) is 6.77. The van der Waals surface area contributed by atoms with Gasteiger partial charge in [0.2, 0.25) is 11.8 Å². The van der Waals surface area contributed by atoms with Crippen LogP contribution in [-0.2, 0) is 9.59 Å². The second kappa shape index (κ2) is 10.8. The quantitative estimate of drug-likeness (QED) is 0.480. The molecule has 0 fully saturated rings. The molecule has 2 aromatic rings. The van der Waals surface area contributed by atoms with Crippen LogP contribution >= 0.6 is 0 Å². The Labute approximate surface area is 207 Å². The van der Waals surface area contributed by atoms with Gasteiger partial charge in [-0.2, -0.15) is 0 Å². The molecule has 2 atom stereocenters. The van der Waals surface area contributed by atoms with Crippen molar-refractivity contribution in [3.05, 3.63) is 71.1 Å². The van der Waals surface area contributed by atoms with Crippen LogP contribution in [0.5, 0.6) is 11.5 Å². The highest BCUT2D eigenvalue weighted by Crippen LogP contribution is 2.30. The zero-order valence-electron chi connectivity index (χ0n) is 21.0. The van der Waals surface area contributed by atoms with Gasteiger partial charge in [-0.25, -0.2) is 0 Å². The van der Waals surface area contributed by atoms with Gasteiger partial charge >= 0.3 is 0 Å². The number of carbonyl (C=O) groups is 2. The van der Waals surface area contributed by atoms with Crippen molar-refractivity contribution < 1.29 is 19.1 Å². The molecule has 6 heteroatoms. The standard InChI is InChI=1S/C29H34N2O4/c1-20-26-10-8-24(18-22(26)12-14-30(3)28(20)32)34-16-6-5-7-17-35-25-9-11-27-21(2)29(33)31(4)15-13-23(27)19-25/h8-15,18-21H,5-7,16-17H2,1-4H3/t20-,21-/m1/s1. The van der Waals surface area contributed by atoms with E-state index in [1.165, 1.54) is 0 Å². The number of amides is 2. The summed E-state index contributed by atoms with van der Waals surface area (Å²) >= 11 is 0. The van der Waals surface area contributed by atoms with Gasteiger partial charge in [-0.15, -0.1) is 0 Å². The van der Waals surface area contributed by atoms with Gasteiger partial charge in [0.1, 0.15) is 11.5 Å². The average molecular weight is 475 g/mol.